The maximum Gasteiger partial charge on any atom is 0.191 e. The van der Waals surface area contributed by atoms with Crippen LogP contribution in [0.2, 0.25) is 0 Å². The largest absolute Gasteiger partial charge is 0.383 e. The van der Waals surface area contributed by atoms with Crippen molar-refractivity contribution in [2.24, 2.45) is 4.99 Å². The number of ether oxygens (including phenoxy) is 1. The number of nitrogens with one attached hydrogen (secondary N) is 2. The van der Waals surface area contributed by atoms with Gasteiger partial charge < -0.3 is 20.5 Å². The van der Waals surface area contributed by atoms with Crippen LogP contribution in [-0.4, -0.2) is 61.9 Å². The smallest absolute Gasteiger partial charge is 0.191 e. The first-order valence-electron chi connectivity index (χ1n) is 10.3. The van der Waals surface area contributed by atoms with E-state index >= 15 is 0 Å². The number of benzene rings is 1. The lowest BCUT2D eigenvalue weighted by molar-refractivity contribution is 0.0169. The van der Waals surface area contributed by atoms with Gasteiger partial charge in [0.15, 0.2) is 5.96 Å². The molecule has 30 heavy (non-hydrogen) atoms. The number of halogens is 1. The third-order valence-electron chi connectivity index (χ3n) is 5.24. The highest BCUT2D eigenvalue weighted by Crippen LogP contribution is 2.24. The Morgan fingerprint density at radius 1 is 1.27 bits per heavy atom. The van der Waals surface area contributed by atoms with Crippen LogP contribution >= 0.6 is 11.3 Å². The molecule has 0 amide bonds. The van der Waals surface area contributed by atoms with Gasteiger partial charge in [0.05, 0.1) is 25.8 Å². The number of guanidine groups is 1. The minimum atomic E-state index is -1.02. The topological polar surface area (TPSA) is 69.1 Å². The third-order valence-corrected chi connectivity index (χ3v) is 5.92. The van der Waals surface area contributed by atoms with E-state index in [-0.39, 0.29) is 18.4 Å². The first kappa shape index (κ1) is 22.7. The van der Waals surface area contributed by atoms with Crippen LogP contribution in [0.5, 0.6) is 0 Å². The van der Waals surface area contributed by atoms with Crippen molar-refractivity contribution in [3.05, 3.63) is 58.0 Å². The summed E-state index contributed by atoms with van der Waals surface area (Å²) in [6.45, 7) is 8.38. The summed E-state index contributed by atoms with van der Waals surface area (Å²) in [5.41, 5.74) is 0.889. The molecule has 8 heteroatoms. The molecule has 3 N–H and O–H groups in total. The zero-order chi connectivity index (χ0) is 21.4. The number of nitrogens with zero attached hydrogens (tertiary/aromatic N) is 2. The first-order valence-corrected chi connectivity index (χ1v) is 11.3. The van der Waals surface area contributed by atoms with E-state index in [0.29, 0.717) is 32.3 Å². The Hall–Kier alpha value is -2.00. The Morgan fingerprint density at radius 2 is 2.00 bits per heavy atom. The summed E-state index contributed by atoms with van der Waals surface area (Å²) in [7, 11) is 0. The molecule has 1 saturated heterocycles. The quantitative estimate of drug-likeness (QED) is 0.440. The molecular formula is C22H31FN4O2S. The van der Waals surface area contributed by atoms with Gasteiger partial charge in [0, 0.05) is 26.2 Å². The van der Waals surface area contributed by atoms with E-state index in [2.05, 4.69) is 20.5 Å². The second-order valence-electron chi connectivity index (χ2n) is 7.58. The SMILES string of the molecule is CCNC(=NCC(C)(O)c1ccsc1)NCC(c1ccc(F)cc1)N1CCOCC1. The molecule has 1 aliphatic rings. The van der Waals surface area contributed by atoms with Gasteiger partial charge in [0.25, 0.3) is 0 Å². The molecule has 164 valence electrons. The minimum Gasteiger partial charge on any atom is -0.383 e. The lowest BCUT2D eigenvalue weighted by atomic mass is 10.00. The van der Waals surface area contributed by atoms with Crippen molar-refractivity contribution in [1.29, 1.82) is 0 Å². The van der Waals surface area contributed by atoms with E-state index in [1.807, 2.05) is 35.9 Å². The molecule has 0 bridgehead atoms. The Labute approximate surface area is 181 Å². The van der Waals surface area contributed by atoms with E-state index in [0.717, 1.165) is 24.2 Å². The molecule has 1 fully saturated rings. The molecule has 2 atom stereocenters. The Balaban J connectivity index is 1.71. The fraction of sp³-hybridized carbons (Fsp3) is 0.500. The van der Waals surface area contributed by atoms with Crippen LogP contribution in [0, 0.1) is 5.82 Å². The van der Waals surface area contributed by atoms with Crippen LogP contribution in [0.25, 0.3) is 0 Å². The molecule has 2 aromatic rings. The summed E-state index contributed by atoms with van der Waals surface area (Å²) >= 11 is 1.56. The summed E-state index contributed by atoms with van der Waals surface area (Å²) in [6, 6.07) is 8.66. The van der Waals surface area contributed by atoms with Crippen LogP contribution < -0.4 is 10.6 Å². The van der Waals surface area contributed by atoms with E-state index in [1.165, 1.54) is 12.1 Å². The summed E-state index contributed by atoms with van der Waals surface area (Å²) in [4.78, 5) is 6.95. The number of hydrogen-bond acceptors (Lipinski definition) is 5. The Kier molecular flexibility index (Phi) is 8.21. The van der Waals surface area contributed by atoms with Crippen molar-refractivity contribution < 1.29 is 14.2 Å². The van der Waals surface area contributed by atoms with Gasteiger partial charge in [0.1, 0.15) is 11.4 Å². The van der Waals surface area contributed by atoms with Gasteiger partial charge in [-0.05, 0) is 53.9 Å². The molecule has 0 saturated carbocycles. The molecule has 0 radical (unpaired) electrons. The van der Waals surface area contributed by atoms with Gasteiger partial charge in [-0.1, -0.05) is 12.1 Å². The van der Waals surface area contributed by atoms with Gasteiger partial charge in [-0.2, -0.15) is 11.3 Å². The highest BCUT2D eigenvalue weighted by Gasteiger charge is 2.25. The molecule has 3 rings (SSSR count). The highest BCUT2D eigenvalue weighted by atomic mass is 32.1. The summed E-state index contributed by atoms with van der Waals surface area (Å²) < 4.78 is 18.9. The summed E-state index contributed by atoms with van der Waals surface area (Å²) in [5.74, 6) is 0.409. The number of rotatable bonds is 8. The van der Waals surface area contributed by atoms with E-state index in [4.69, 9.17) is 4.74 Å². The summed E-state index contributed by atoms with van der Waals surface area (Å²) in [5, 5.41) is 21.3. The molecule has 6 nitrogen and oxygen atoms in total. The average Bonchev–Trinajstić information content (AvgIpc) is 3.30. The fourth-order valence-corrected chi connectivity index (χ4v) is 4.24. The molecule has 2 unspecified atom stereocenters. The fourth-order valence-electron chi connectivity index (χ4n) is 3.46. The van der Waals surface area contributed by atoms with Gasteiger partial charge in [-0.15, -0.1) is 0 Å². The van der Waals surface area contributed by atoms with Gasteiger partial charge in [0.2, 0.25) is 0 Å². The molecule has 2 heterocycles. The lowest BCUT2D eigenvalue weighted by Crippen LogP contribution is -2.46. The maximum atomic E-state index is 13.4. The van der Waals surface area contributed by atoms with Crippen molar-refractivity contribution in [3.63, 3.8) is 0 Å². The number of aliphatic hydroxyl groups is 1. The first-order chi connectivity index (χ1) is 14.5. The van der Waals surface area contributed by atoms with Crippen LogP contribution in [0.15, 0.2) is 46.1 Å². The second-order valence-corrected chi connectivity index (χ2v) is 8.36. The predicted molar refractivity (Wildman–Crippen MR) is 119 cm³/mol. The van der Waals surface area contributed by atoms with Crippen molar-refractivity contribution in [3.8, 4) is 0 Å². The normalized spacial score (nSPS) is 18.6. The standard InChI is InChI=1S/C22H31FN4O2S/c1-3-24-21(26-16-22(2,28)18-8-13-30-15-18)25-14-20(27-9-11-29-12-10-27)17-4-6-19(23)7-5-17/h4-8,13,15,20,28H,3,9-12,14,16H2,1-2H3,(H2,24,25,26). The average molecular weight is 435 g/mol. The van der Waals surface area contributed by atoms with Crippen LogP contribution in [0.3, 0.4) is 0 Å². The van der Waals surface area contributed by atoms with Crippen molar-refractivity contribution in [1.82, 2.24) is 15.5 Å². The van der Waals surface area contributed by atoms with Gasteiger partial charge >= 0.3 is 0 Å². The zero-order valence-corrected chi connectivity index (χ0v) is 18.4. The number of thiophene rings is 1. The van der Waals surface area contributed by atoms with Crippen LogP contribution in [0.1, 0.15) is 31.0 Å². The van der Waals surface area contributed by atoms with Crippen LogP contribution in [0.4, 0.5) is 4.39 Å². The van der Waals surface area contributed by atoms with Gasteiger partial charge in [-0.25, -0.2) is 9.38 Å². The Morgan fingerprint density at radius 3 is 2.63 bits per heavy atom. The molecule has 1 aromatic heterocycles. The molecule has 0 spiro atoms. The molecule has 1 aliphatic heterocycles. The Bertz CT molecular complexity index is 790. The predicted octanol–water partition coefficient (Wildman–Crippen LogP) is 2.72. The van der Waals surface area contributed by atoms with E-state index < -0.39 is 5.60 Å². The monoisotopic (exact) mass is 434 g/mol. The highest BCUT2D eigenvalue weighted by molar-refractivity contribution is 7.08. The number of hydrogen-bond donors (Lipinski definition) is 3. The van der Waals surface area contributed by atoms with Gasteiger partial charge in [-0.3, -0.25) is 4.90 Å². The minimum absolute atomic E-state index is 0.0655. The second kappa shape index (κ2) is 10.9. The van der Waals surface area contributed by atoms with Crippen molar-refractivity contribution in [2.45, 2.75) is 25.5 Å². The zero-order valence-electron chi connectivity index (χ0n) is 17.6. The maximum absolute atomic E-state index is 13.4. The summed E-state index contributed by atoms with van der Waals surface area (Å²) in [6.07, 6.45) is 0. The third kappa shape index (κ3) is 6.25. The molecule has 1 aromatic carbocycles. The number of morpholine rings is 1. The van der Waals surface area contributed by atoms with E-state index in [1.54, 1.807) is 18.3 Å². The van der Waals surface area contributed by atoms with E-state index in [9.17, 15) is 9.50 Å². The molecular weight excluding hydrogens is 403 g/mol. The lowest BCUT2D eigenvalue weighted by Gasteiger charge is -2.35. The van der Waals surface area contributed by atoms with Crippen LogP contribution in [-0.2, 0) is 10.3 Å². The molecule has 0 aliphatic carbocycles. The number of aliphatic imine (C=N–C) groups is 1. The van der Waals surface area contributed by atoms with Crippen molar-refractivity contribution in [2.75, 3.05) is 45.9 Å². The van der Waals surface area contributed by atoms with Crippen molar-refractivity contribution >= 4 is 17.3 Å².